The van der Waals surface area contributed by atoms with Crippen LogP contribution in [0, 0.1) is 6.92 Å². The van der Waals surface area contributed by atoms with Crippen molar-refractivity contribution in [3.63, 3.8) is 0 Å². The lowest BCUT2D eigenvalue weighted by Crippen LogP contribution is -2.40. The number of ether oxygens (including phenoxy) is 1. The highest BCUT2D eigenvalue weighted by atomic mass is 31.2. The van der Waals surface area contributed by atoms with Crippen molar-refractivity contribution in [1.29, 1.82) is 0 Å². The van der Waals surface area contributed by atoms with Crippen LogP contribution in [-0.4, -0.2) is 54.0 Å². The van der Waals surface area contributed by atoms with Gasteiger partial charge >= 0.3 is 0 Å². The summed E-state index contributed by atoms with van der Waals surface area (Å²) in [4.78, 5) is 7.13. The Morgan fingerprint density at radius 3 is 2.40 bits per heavy atom. The summed E-state index contributed by atoms with van der Waals surface area (Å²) in [5.74, 6) is 0.656. The summed E-state index contributed by atoms with van der Waals surface area (Å²) >= 11 is 0. The van der Waals surface area contributed by atoms with Crippen molar-refractivity contribution in [2.75, 3.05) is 38.3 Å². The fraction of sp³-hybridized carbons (Fsp3) is 0.333. The number of benzene rings is 2. The average molecular weight is 488 g/mol. The van der Waals surface area contributed by atoms with Gasteiger partial charge in [-0.15, -0.1) is 0 Å². The molecule has 2 aromatic carbocycles. The minimum atomic E-state index is -3.26. The van der Waals surface area contributed by atoms with Gasteiger partial charge in [-0.1, -0.05) is 50.2 Å². The van der Waals surface area contributed by atoms with Crippen molar-refractivity contribution in [2.45, 2.75) is 26.2 Å². The summed E-state index contributed by atoms with van der Waals surface area (Å²) < 4.78 is 25.2. The first kappa shape index (κ1) is 22.5. The molecule has 3 aromatic rings. The molecule has 0 saturated carbocycles. The third kappa shape index (κ3) is 3.15. The molecule has 0 N–H and O–H groups in total. The molecule has 0 bridgehead atoms. The predicted octanol–water partition coefficient (Wildman–Crippen LogP) is 4.77. The number of anilines is 1. The summed E-state index contributed by atoms with van der Waals surface area (Å²) in [6, 6.07) is 18.4. The van der Waals surface area contributed by atoms with E-state index in [1.807, 2.05) is 48.2 Å². The molecule has 1 fully saturated rings. The Hall–Kier alpha value is -2.99. The number of para-hydroxylation sites is 2. The van der Waals surface area contributed by atoms with Crippen molar-refractivity contribution in [3.05, 3.63) is 76.9 Å². The molecular weight excluding hydrogens is 457 g/mol. The van der Waals surface area contributed by atoms with Crippen LogP contribution in [0.4, 0.5) is 11.5 Å². The summed E-state index contributed by atoms with van der Waals surface area (Å²) in [7, 11) is -1.19. The Bertz CT molecular complexity index is 1420. The maximum Gasteiger partial charge on any atom is 0.216 e. The van der Waals surface area contributed by atoms with E-state index in [0.717, 1.165) is 33.4 Å². The number of fused-ring (bicyclic) bond motifs is 2. The zero-order valence-electron chi connectivity index (χ0n) is 20.6. The van der Waals surface area contributed by atoms with Gasteiger partial charge in [0, 0.05) is 43.2 Å². The van der Waals surface area contributed by atoms with Gasteiger partial charge in [-0.05, 0) is 30.7 Å². The minimum absolute atomic E-state index is 0.324. The number of hydrogen-bond acceptors (Lipinski definition) is 5. The third-order valence-electron chi connectivity index (χ3n) is 7.44. The fourth-order valence-electron chi connectivity index (χ4n) is 5.84. The molecule has 0 spiro atoms. The van der Waals surface area contributed by atoms with Gasteiger partial charge < -0.3 is 9.64 Å². The second kappa shape index (κ2) is 8.02. The molecule has 1 aromatic heterocycles. The van der Waals surface area contributed by atoms with Crippen LogP contribution in [0.2, 0.25) is 0 Å². The first-order chi connectivity index (χ1) is 16.8. The van der Waals surface area contributed by atoms with Crippen LogP contribution in [0.3, 0.4) is 0 Å². The highest BCUT2D eigenvalue weighted by Crippen LogP contribution is 2.64. The predicted molar refractivity (Wildman–Crippen MR) is 141 cm³/mol. The van der Waals surface area contributed by atoms with E-state index in [4.69, 9.17) is 14.8 Å². The number of morpholine rings is 1. The number of aromatic nitrogens is 2. The lowest BCUT2D eigenvalue weighted by molar-refractivity contribution is 0.0730. The van der Waals surface area contributed by atoms with Crippen molar-refractivity contribution >= 4 is 30.3 Å². The van der Waals surface area contributed by atoms with Crippen LogP contribution < -0.4 is 10.2 Å². The topological polar surface area (TPSA) is 63.0 Å². The van der Waals surface area contributed by atoms with Gasteiger partial charge in [0.25, 0.3) is 0 Å². The molecule has 0 unspecified atom stereocenters. The lowest BCUT2D eigenvalue weighted by Gasteiger charge is -2.39. The normalized spacial score (nSPS) is 25.5. The molecule has 0 amide bonds. The van der Waals surface area contributed by atoms with E-state index in [2.05, 4.69) is 54.7 Å². The van der Waals surface area contributed by atoms with E-state index < -0.39 is 7.29 Å². The maximum absolute atomic E-state index is 15.6. The molecule has 6 rings (SSSR count). The summed E-state index contributed by atoms with van der Waals surface area (Å²) in [6.07, 6.45) is 1.85. The first-order valence-electron chi connectivity index (χ1n) is 12.1. The van der Waals surface area contributed by atoms with Crippen LogP contribution in [-0.2, 0) is 14.7 Å². The Morgan fingerprint density at radius 2 is 1.69 bits per heavy atom. The number of nitrogens with zero attached hydrogens (tertiary/aromatic N) is 5. The second-order valence-electron chi connectivity index (χ2n) is 9.84. The molecule has 180 valence electrons. The number of hydrogen-bond donors (Lipinski definition) is 0. The van der Waals surface area contributed by atoms with Gasteiger partial charge in [0.1, 0.15) is 0 Å². The Kier molecular flexibility index (Phi) is 5.15. The monoisotopic (exact) mass is 487 g/mol. The third-order valence-corrected chi connectivity index (χ3v) is 10.7. The summed E-state index contributed by atoms with van der Waals surface area (Å²) in [5, 5.41) is 6.39. The van der Waals surface area contributed by atoms with Gasteiger partial charge in [-0.2, -0.15) is 5.10 Å². The number of aryl methyl sites for hydroxylation is 1. The molecule has 35 heavy (non-hydrogen) atoms. The van der Waals surface area contributed by atoms with Crippen LogP contribution in [0.5, 0.6) is 0 Å². The fourth-order valence-corrected chi connectivity index (χ4v) is 9.23. The molecule has 8 heteroatoms. The molecule has 3 aliphatic heterocycles. The molecular formula is C27H30N5O2P. The number of likely N-dealkylation sites (N-methyl/N-ethyl adjacent to an activating group) is 1. The Morgan fingerprint density at radius 1 is 1.00 bits per heavy atom. The van der Waals surface area contributed by atoms with Crippen LogP contribution in [0.15, 0.2) is 70.6 Å². The van der Waals surface area contributed by atoms with Crippen LogP contribution in [0.1, 0.15) is 25.1 Å². The van der Waals surface area contributed by atoms with Gasteiger partial charge in [0.2, 0.25) is 7.29 Å². The van der Waals surface area contributed by atoms with Crippen LogP contribution >= 0.6 is 7.29 Å². The lowest BCUT2D eigenvalue weighted by atomic mass is 9.84. The van der Waals surface area contributed by atoms with Crippen molar-refractivity contribution in [1.82, 2.24) is 14.5 Å². The van der Waals surface area contributed by atoms with E-state index in [1.165, 1.54) is 5.56 Å². The van der Waals surface area contributed by atoms with E-state index in [-0.39, 0.29) is 5.41 Å². The quantitative estimate of drug-likeness (QED) is 0.488. The van der Waals surface area contributed by atoms with Crippen molar-refractivity contribution in [3.8, 4) is 5.69 Å². The van der Waals surface area contributed by atoms with Crippen molar-refractivity contribution in [2.24, 2.45) is 4.99 Å². The number of aliphatic imine (C=N–C) groups is 1. The molecule has 7 nitrogen and oxygen atoms in total. The zero-order chi connectivity index (χ0) is 24.4. The Labute approximate surface area is 206 Å². The maximum atomic E-state index is 15.6. The number of allylic oxidation sites excluding steroid dienone is 2. The van der Waals surface area contributed by atoms with Gasteiger partial charge in [-0.25, -0.2) is 14.3 Å². The van der Waals surface area contributed by atoms with E-state index >= 15 is 4.57 Å². The smallest absolute Gasteiger partial charge is 0.216 e. The molecule has 0 aliphatic carbocycles. The van der Waals surface area contributed by atoms with Gasteiger partial charge in [0.15, 0.2) is 5.82 Å². The minimum Gasteiger partial charge on any atom is -0.379 e. The highest BCUT2D eigenvalue weighted by molar-refractivity contribution is 7.75. The number of rotatable bonds is 2. The van der Waals surface area contributed by atoms with E-state index in [0.29, 0.717) is 32.1 Å². The van der Waals surface area contributed by atoms with Gasteiger partial charge in [0.05, 0.1) is 35.2 Å². The average Bonchev–Trinajstić information content (AvgIpc) is 3.32. The Balaban J connectivity index is 1.64. The SMILES string of the molecule is Cc1nn(-c2ccccc2)c2c1[P@@](=O)(N1CCOCC1)/C(=C1/N(C)c3ccccc3C1(C)C)C=N2. The largest absolute Gasteiger partial charge is 0.379 e. The van der Waals surface area contributed by atoms with Gasteiger partial charge in [-0.3, -0.25) is 4.57 Å². The second-order valence-corrected chi connectivity index (χ2v) is 12.5. The van der Waals surface area contributed by atoms with E-state index in [9.17, 15) is 0 Å². The summed E-state index contributed by atoms with van der Waals surface area (Å²) in [6.45, 7) is 8.71. The molecule has 0 radical (unpaired) electrons. The zero-order valence-corrected chi connectivity index (χ0v) is 21.5. The molecule has 3 aliphatic rings. The first-order valence-corrected chi connectivity index (χ1v) is 13.7. The van der Waals surface area contributed by atoms with Crippen molar-refractivity contribution < 1.29 is 9.30 Å². The van der Waals surface area contributed by atoms with E-state index in [1.54, 1.807) is 0 Å². The van der Waals surface area contributed by atoms with Crippen LogP contribution in [0.25, 0.3) is 5.69 Å². The molecule has 1 saturated heterocycles. The summed E-state index contributed by atoms with van der Waals surface area (Å²) in [5.41, 5.74) is 4.75. The molecule has 4 heterocycles. The standard InChI is InChI=1S/C27H30N5O2P/c1-19-24-26(32(29-19)20-10-6-5-7-11-20)28-18-23(35(24,33)31-14-16-34-17-15-31)25-27(2,3)21-12-8-9-13-22(21)30(25)4/h5-13,18H,14-17H2,1-4H3/b25-23+/t35-/m1/s1. The molecule has 1 atom stereocenters. The highest BCUT2D eigenvalue weighted by Gasteiger charge is 2.50.